The summed E-state index contributed by atoms with van der Waals surface area (Å²) in [5.41, 5.74) is 7.09. The second-order valence-corrected chi connectivity index (χ2v) is 10.4. The lowest BCUT2D eigenvalue weighted by Gasteiger charge is -2.19. The smallest absolute Gasteiger partial charge is 0.243 e. The summed E-state index contributed by atoms with van der Waals surface area (Å²) in [5.74, 6) is 0.0720. The quantitative estimate of drug-likeness (QED) is 0.453. The average molecular weight is 474 g/mol. The van der Waals surface area contributed by atoms with E-state index in [0.717, 1.165) is 5.56 Å². The SMILES string of the molecule is CCN(CC)S(=O)(=O)c1cccc(-c2nnc(S[C@@H](C)C(N)=O)n2Cc2ccccc2)c1. The van der Waals surface area contributed by atoms with Crippen molar-refractivity contribution >= 4 is 27.7 Å². The van der Waals surface area contributed by atoms with Crippen molar-refractivity contribution in [2.24, 2.45) is 5.73 Å². The van der Waals surface area contributed by atoms with Gasteiger partial charge in [-0.25, -0.2) is 8.42 Å². The zero-order chi connectivity index (χ0) is 23.3. The molecule has 0 unspecified atom stereocenters. The molecule has 32 heavy (non-hydrogen) atoms. The van der Waals surface area contributed by atoms with Crippen LogP contribution in [0.5, 0.6) is 0 Å². The van der Waals surface area contributed by atoms with Gasteiger partial charge < -0.3 is 5.73 Å². The minimum absolute atomic E-state index is 0.202. The summed E-state index contributed by atoms with van der Waals surface area (Å²) in [6.07, 6.45) is 0. The van der Waals surface area contributed by atoms with Crippen molar-refractivity contribution in [2.75, 3.05) is 13.1 Å². The highest BCUT2D eigenvalue weighted by Gasteiger charge is 2.24. The molecule has 170 valence electrons. The number of carbonyl (C=O) groups excluding carboxylic acids is 1. The van der Waals surface area contributed by atoms with Gasteiger partial charge in [-0.05, 0) is 24.6 Å². The number of primary amides is 1. The van der Waals surface area contributed by atoms with Gasteiger partial charge in [-0.1, -0.05) is 68.1 Å². The fourth-order valence-corrected chi connectivity index (χ4v) is 5.53. The molecule has 0 saturated carbocycles. The molecule has 8 nitrogen and oxygen atoms in total. The van der Waals surface area contributed by atoms with Crippen molar-refractivity contribution in [2.45, 2.75) is 42.6 Å². The average Bonchev–Trinajstić information content (AvgIpc) is 3.17. The van der Waals surface area contributed by atoms with Gasteiger partial charge in [0, 0.05) is 18.7 Å². The van der Waals surface area contributed by atoms with Gasteiger partial charge in [0.2, 0.25) is 15.9 Å². The third kappa shape index (κ3) is 5.20. The number of carbonyl (C=O) groups is 1. The zero-order valence-electron chi connectivity index (χ0n) is 18.3. The predicted octanol–water partition coefficient (Wildman–Crippen LogP) is 2.99. The van der Waals surface area contributed by atoms with Gasteiger partial charge in [-0.2, -0.15) is 4.31 Å². The van der Waals surface area contributed by atoms with Crippen LogP contribution in [-0.4, -0.2) is 51.7 Å². The molecule has 0 saturated heterocycles. The Bertz CT molecular complexity index is 1180. The van der Waals surface area contributed by atoms with Crippen LogP contribution in [0.4, 0.5) is 0 Å². The fraction of sp³-hybridized carbons (Fsp3) is 0.318. The van der Waals surface area contributed by atoms with Crippen molar-refractivity contribution in [3.63, 3.8) is 0 Å². The van der Waals surface area contributed by atoms with Crippen LogP contribution in [0.1, 0.15) is 26.3 Å². The third-order valence-electron chi connectivity index (χ3n) is 5.02. The van der Waals surface area contributed by atoms with Crippen molar-refractivity contribution in [1.29, 1.82) is 0 Å². The lowest BCUT2D eigenvalue weighted by Crippen LogP contribution is -2.30. The van der Waals surface area contributed by atoms with Crippen molar-refractivity contribution in [3.05, 3.63) is 60.2 Å². The van der Waals surface area contributed by atoms with Crippen LogP contribution in [-0.2, 0) is 21.4 Å². The van der Waals surface area contributed by atoms with Gasteiger partial charge >= 0.3 is 0 Å². The van der Waals surface area contributed by atoms with Crippen molar-refractivity contribution in [1.82, 2.24) is 19.1 Å². The van der Waals surface area contributed by atoms with Crippen LogP contribution in [0.2, 0.25) is 0 Å². The first-order chi connectivity index (χ1) is 15.3. The van der Waals surface area contributed by atoms with Gasteiger partial charge in [-0.15, -0.1) is 10.2 Å². The van der Waals surface area contributed by atoms with E-state index in [1.165, 1.54) is 16.1 Å². The molecule has 0 radical (unpaired) electrons. The normalized spacial score (nSPS) is 12.8. The Morgan fingerprint density at radius 1 is 1.09 bits per heavy atom. The molecule has 10 heteroatoms. The molecule has 0 fully saturated rings. The number of nitrogens with two attached hydrogens (primary N) is 1. The molecule has 0 aliphatic carbocycles. The van der Waals surface area contributed by atoms with E-state index in [0.29, 0.717) is 36.2 Å². The molecule has 1 heterocycles. The number of amides is 1. The van der Waals surface area contributed by atoms with E-state index >= 15 is 0 Å². The first-order valence-electron chi connectivity index (χ1n) is 10.3. The van der Waals surface area contributed by atoms with Crippen LogP contribution in [0.15, 0.2) is 64.6 Å². The van der Waals surface area contributed by atoms with Gasteiger partial charge in [0.15, 0.2) is 11.0 Å². The second-order valence-electron chi connectivity index (χ2n) is 7.16. The van der Waals surface area contributed by atoms with Gasteiger partial charge in [-0.3, -0.25) is 9.36 Å². The Morgan fingerprint density at radius 3 is 2.41 bits per heavy atom. The maximum absolute atomic E-state index is 13.0. The summed E-state index contributed by atoms with van der Waals surface area (Å²) in [5, 5.41) is 8.66. The summed E-state index contributed by atoms with van der Waals surface area (Å²) in [4.78, 5) is 11.8. The van der Waals surface area contributed by atoms with Crippen LogP contribution >= 0.6 is 11.8 Å². The number of nitrogens with zero attached hydrogens (tertiary/aromatic N) is 4. The van der Waals surface area contributed by atoms with Crippen LogP contribution in [0.25, 0.3) is 11.4 Å². The number of hydrogen-bond donors (Lipinski definition) is 1. The first-order valence-corrected chi connectivity index (χ1v) is 12.6. The first kappa shape index (κ1) is 24.0. The van der Waals surface area contributed by atoms with E-state index in [1.54, 1.807) is 31.2 Å². The van der Waals surface area contributed by atoms with E-state index in [4.69, 9.17) is 5.73 Å². The summed E-state index contributed by atoms with van der Waals surface area (Å²) in [6, 6.07) is 16.5. The highest BCUT2D eigenvalue weighted by molar-refractivity contribution is 8.00. The Kier molecular flexibility index (Phi) is 7.70. The molecule has 3 aromatic rings. The molecule has 0 aliphatic heterocycles. The van der Waals surface area contributed by atoms with Crippen molar-refractivity contribution < 1.29 is 13.2 Å². The van der Waals surface area contributed by atoms with Gasteiger partial charge in [0.05, 0.1) is 16.7 Å². The molecular formula is C22H27N5O3S2. The number of hydrogen-bond acceptors (Lipinski definition) is 6. The van der Waals surface area contributed by atoms with E-state index < -0.39 is 21.2 Å². The van der Waals surface area contributed by atoms with Crippen LogP contribution in [0.3, 0.4) is 0 Å². The molecule has 1 aromatic heterocycles. The van der Waals surface area contributed by atoms with E-state index in [2.05, 4.69) is 10.2 Å². The number of benzene rings is 2. The maximum Gasteiger partial charge on any atom is 0.243 e. The van der Waals surface area contributed by atoms with E-state index in [-0.39, 0.29) is 4.90 Å². The second kappa shape index (κ2) is 10.3. The zero-order valence-corrected chi connectivity index (χ0v) is 19.9. The Labute approximate surface area is 192 Å². The summed E-state index contributed by atoms with van der Waals surface area (Å²) < 4.78 is 29.3. The number of rotatable bonds is 10. The fourth-order valence-electron chi connectivity index (χ4n) is 3.22. The van der Waals surface area contributed by atoms with Crippen molar-refractivity contribution in [3.8, 4) is 11.4 Å². The molecule has 0 spiro atoms. The molecule has 1 amide bonds. The molecule has 2 aromatic carbocycles. The largest absolute Gasteiger partial charge is 0.369 e. The number of sulfonamides is 1. The highest BCUT2D eigenvalue weighted by Crippen LogP contribution is 2.29. The van der Waals surface area contributed by atoms with E-state index in [9.17, 15) is 13.2 Å². The monoisotopic (exact) mass is 473 g/mol. The molecule has 2 N–H and O–H groups in total. The summed E-state index contributed by atoms with van der Waals surface area (Å²) in [6.45, 7) is 6.57. The Balaban J connectivity index is 2.07. The summed E-state index contributed by atoms with van der Waals surface area (Å²) >= 11 is 1.22. The highest BCUT2D eigenvalue weighted by atomic mass is 32.2. The maximum atomic E-state index is 13.0. The third-order valence-corrected chi connectivity index (χ3v) is 8.16. The topological polar surface area (TPSA) is 111 Å². The van der Waals surface area contributed by atoms with Gasteiger partial charge in [0.1, 0.15) is 0 Å². The molecule has 1 atom stereocenters. The van der Waals surface area contributed by atoms with Crippen LogP contribution in [0, 0.1) is 0 Å². The predicted molar refractivity (Wildman–Crippen MR) is 126 cm³/mol. The molecule has 0 aliphatic rings. The lowest BCUT2D eigenvalue weighted by atomic mass is 10.2. The molecule has 0 bridgehead atoms. The number of thioether (sulfide) groups is 1. The standard InChI is InChI=1S/C22H27N5O3S2/c1-4-26(5-2)32(29,30)19-13-9-12-18(14-19)21-24-25-22(31-16(3)20(23)28)27(21)15-17-10-7-6-8-11-17/h6-14,16H,4-5,15H2,1-3H3,(H2,23,28)/t16-/m0/s1. The molecular weight excluding hydrogens is 446 g/mol. The lowest BCUT2D eigenvalue weighted by molar-refractivity contribution is -0.117. The summed E-state index contributed by atoms with van der Waals surface area (Å²) in [7, 11) is -3.62. The minimum atomic E-state index is -3.62. The number of aromatic nitrogens is 3. The molecule has 3 rings (SSSR count). The Hall–Kier alpha value is -2.69. The van der Waals surface area contributed by atoms with Gasteiger partial charge in [0.25, 0.3) is 0 Å². The van der Waals surface area contributed by atoms with E-state index in [1.807, 2.05) is 48.7 Å². The minimum Gasteiger partial charge on any atom is -0.369 e. The Morgan fingerprint density at radius 2 is 1.78 bits per heavy atom. The van der Waals surface area contributed by atoms with Crippen LogP contribution < -0.4 is 5.73 Å².